The van der Waals surface area contributed by atoms with E-state index in [1.807, 2.05) is 24.3 Å². The van der Waals surface area contributed by atoms with Crippen molar-refractivity contribution in [1.82, 2.24) is 15.2 Å². The fraction of sp³-hybridized carbons (Fsp3) is 0. The van der Waals surface area contributed by atoms with Gasteiger partial charge in [0.2, 0.25) is 5.91 Å². The molecule has 0 fully saturated rings. The molecule has 0 spiro atoms. The van der Waals surface area contributed by atoms with E-state index in [4.69, 9.17) is 5.73 Å². The molecule has 2 aromatic carbocycles. The summed E-state index contributed by atoms with van der Waals surface area (Å²) in [7, 11) is 0. The first-order valence-electron chi connectivity index (χ1n) is 8.21. The number of carbonyl (C=O) groups is 2. The summed E-state index contributed by atoms with van der Waals surface area (Å²) < 4.78 is 0. The molecule has 4 rings (SSSR count). The number of carbonyl (C=O) groups excluding carboxylic acids is 2. The van der Waals surface area contributed by atoms with E-state index in [-0.39, 0.29) is 11.5 Å². The number of fused-ring (bicyclic) bond motifs is 1. The lowest BCUT2D eigenvalue weighted by atomic mass is 10.1. The topological polar surface area (TPSA) is 114 Å². The second-order valence-electron chi connectivity index (χ2n) is 5.97. The zero-order valence-corrected chi connectivity index (χ0v) is 14.1. The average Bonchev–Trinajstić information content (AvgIpc) is 3.12. The molecule has 4 N–H and O–H groups in total. The Balaban J connectivity index is 1.65. The molecular weight excluding hydrogens is 342 g/mol. The average molecular weight is 357 g/mol. The van der Waals surface area contributed by atoms with Crippen LogP contribution in [0, 0.1) is 0 Å². The van der Waals surface area contributed by atoms with Crippen molar-refractivity contribution in [3.05, 3.63) is 78.1 Å². The molecule has 132 valence electrons. The first-order chi connectivity index (χ1) is 13.1. The maximum atomic E-state index is 12.5. The van der Waals surface area contributed by atoms with Crippen LogP contribution in [0.15, 0.2) is 67.0 Å². The number of aromatic amines is 1. The predicted molar refractivity (Wildman–Crippen MR) is 102 cm³/mol. The summed E-state index contributed by atoms with van der Waals surface area (Å²) in [6.45, 7) is 0. The number of primary amides is 1. The largest absolute Gasteiger partial charge is 0.366 e. The normalized spacial score (nSPS) is 10.7. The number of aromatic nitrogens is 3. The quantitative estimate of drug-likeness (QED) is 0.521. The summed E-state index contributed by atoms with van der Waals surface area (Å²) in [5, 5.41) is 11.0. The SMILES string of the molecule is NC(=O)c1cccc(C(=O)Nc2ccc3[nH]nc(-c4cccnc4)c3c2)c1. The highest BCUT2D eigenvalue weighted by Gasteiger charge is 2.12. The fourth-order valence-electron chi connectivity index (χ4n) is 2.83. The van der Waals surface area contributed by atoms with Crippen LogP contribution < -0.4 is 11.1 Å². The summed E-state index contributed by atoms with van der Waals surface area (Å²) in [6, 6.07) is 15.5. The third-order valence-corrected chi connectivity index (χ3v) is 4.16. The van der Waals surface area contributed by atoms with Crippen LogP contribution in [0.4, 0.5) is 5.69 Å². The number of hydrogen-bond acceptors (Lipinski definition) is 4. The van der Waals surface area contributed by atoms with Crippen LogP contribution >= 0.6 is 0 Å². The van der Waals surface area contributed by atoms with Crippen LogP contribution in [-0.4, -0.2) is 27.0 Å². The maximum Gasteiger partial charge on any atom is 0.255 e. The van der Waals surface area contributed by atoms with Crippen molar-refractivity contribution in [3.63, 3.8) is 0 Å². The molecule has 0 saturated carbocycles. The molecule has 2 heterocycles. The van der Waals surface area contributed by atoms with Gasteiger partial charge in [0.25, 0.3) is 5.91 Å². The van der Waals surface area contributed by atoms with Gasteiger partial charge >= 0.3 is 0 Å². The zero-order valence-electron chi connectivity index (χ0n) is 14.1. The molecule has 2 amide bonds. The summed E-state index contributed by atoms with van der Waals surface area (Å²) in [6.07, 6.45) is 3.43. The first-order valence-corrected chi connectivity index (χ1v) is 8.21. The Hall–Kier alpha value is -4.00. The van der Waals surface area contributed by atoms with Crippen molar-refractivity contribution < 1.29 is 9.59 Å². The van der Waals surface area contributed by atoms with Crippen LogP contribution in [0.25, 0.3) is 22.2 Å². The molecule has 4 aromatic rings. The number of H-pyrrole nitrogens is 1. The molecule has 2 aromatic heterocycles. The lowest BCUT2D eigenvalue weighted by Crippen LogP contribution is -2.15. The van der Waals surface area contributed by atoms with Gasteiger partial charge in [-0.15, -0.1) is 0 Å². The molecule has 0 atom stereocenters. The smallest absolute Gasteiger partial charge is 0.255 e. The summed E-state index contributed by atoms with van der Waals surface area (Å²) in [4.78, 5) is 27.9. The summed E-state index contributed by atoms with van der Waals surface area (Å²) in [5.74, 6) is -0.908. The van der Waals surface area contributed by atoms with Gasteiger partial charge < -0.3 is 11.1 Å². The third kappa shape index (κ3) is 3.25. The van der Waals surface area contributed by atoms with Crippen LogP contribution in [0.3, 0.4) is 0 Å². The van der Waals surface area contributed by atoms with Gasteiger partial charge in [0.05, 0.1) is 5.52 Å². The standard InChI is InChI=1S/C20H15N5O2/c21-19(26)12-3-1-4-13(9-12)20(27)23-15-6-7-17-16(10-15)18(25-24-17)14-5-2-8-22-11-14/h1-11H,(H2,21,26)(H,23,27)(H,24,25). The molecule has 27 heavy (non-hydrogen) atoms. The third-order valence-electron chi connectivity index (χ3n) is 4.16. The Morgan fingerprint density at radius 2 is 1.85 bits per heavy atom. The summed E-state index contributed by atoms with van der Waals surface area (Å²) >= 11 is 0. The number of nitrogens with one attached hydrogen (secondary N) is 2. The maximum absolute atomic E-state index is 12.5. The van der Waals surface area contributed by atoms with E-state index in [1.54, 1.807) is 36.7 Å². The van der Waals surface area contributed by atoms with E-state index < -0.39 is 5.91 Å². The van der Waals surface area contributed by atoms with E-state index in [1.165, 1.54) is 6.07 Å². The number of benzene rings is 2. The monoisotopic (exact) mass is 357 g/mol. The number of amides is 2. The first kappa shape index (κ1) is 16.5. The van der Waals surface area contributed by atoms with Crippen molar-refractivity contribution in [3.8, 4) is 11.3 Å². The Morgan fingerprint density at radius 3 is 2.63 bits per heavy atom. The van der Waals surface area contributed by atoms with Crippen LogP contribution in [-0.2, 0) is 0 Å². The second-order valence-corrected chi connectivity index (χ2v) is 5.97. The van der Waals surface area contributed by atoms with Gasteiger partial charge in [-0.3, -0.25) is 19.7 Å². The Morgan fingerprint density at radius 1 is 1.00 bits per heavy atom. The molecular formula is C20H15N5O2. The van der Waals surface area contributed by atoms with E-state index in [0.717, 1.165) is 22.2 Å². The molecule has 0 aliphatic rings. The minimum absolute atomic E-state index is 0.284. The highest BCUT2D eigenvalue weighted by molar-refractivity contribution is 6.07. The van der Waals surface area contributed by atoms with Gasteiger partial charge in [-0.1, -0.05) is 6.07 Å². The number of nitrogens with zero attached hydrogens (tertiary/aromatic N) is 2. The molecule has 0 aliphatic heterocycles. The number of nitrogens with two attached hydrogens (primary N) is 1. The minimum Gasteiger partial charge on any atom is -0.366 e. The molecule has 7 nitrogen and oxygen atoms in total. The van der Waals surface area contributed by atoms with Gasteiger partial charge in [0.1, 0.15) is 5.69 Å². The van der Waals surface area contributed by atoms with Crippen molar-refractivity contribution in [2.75, 3.05) is 5.32 Å². The van der Waals surface area contributed by atoms with E-state index >= 15 is 0 Å². The fourth-order valence-corrected chi connectivity index (χ4v) is 2.83. The van der Waals surface area contributed by atoms with Gasteiger partial charge in [0.15, 0.2) is 0 Å². The molecule has 7 heteroatoms. The van der Waals surface area contributed by atoms with E-state index in [0.29, 0.717) is 11.3 Å². The van der Waals surface area contributed by atoms with Gasteiger partial charge in [0, 0.05) is 40.2 Å². The van der Waals surface area contributed by atoms with Crippen LogP contribution in [0.1, 0.15) is 20.7 Å². The van der Waals surface area contributed by atoms with E-state index in [9.17, 15) is 9.59 Å². The van der Waals surface area contributed by atoms with Crippen molar-refractivity contribution in [2.45, 2.75) is 0 Å². The summed E-state index contributed by atoms with van der Waals surface area (Å²) in [5.41, 5.74) is 9.00. The highest BCUT2D eigenvalue weighted by atomic mass is 16.2. The number of pyridine rings is 1. The number of anilines is 1. The Kier molecular flexibility index (Phi) is 4.10. The predicted octanol–water partition coefficient (Wildman–Crippen LogP) is 2.98. The minimum atomic E-state index is -0.578. The molecule has 0 bridgehead atoms. The number of hydrogen-bond donors (Lipinski definition) is 3. The molecule has 0 aliphatic carbocycles. The van der Waals surface area contributed by atoms with Gasteiger partial charge in [-0.2, -0.15) is 5.10 Å². The van der Waals surface area contributed by atoms with Crippen LogP contribution in [0.2, 0.25) is 0 Å². The van der Waals surface area contributed by atoms with Gasteiger partial charge in [-0.25, -0.2) is 0 Å². The Bertz CT molecular complexity index is 1150. The zero-order chi connectivity index (χ0) is 18.8. The van der Waals surface area contributed by atoms with Crippen molar-refractivity contribution in [1.29, 1.82) is 0 Å². The number of rotatable bonds is 4. The van der Waals surface area contributed by atoms with Crippen LogP contribution in [0.5, 0.6) is 0 Å². The molecule has 0 saturated heterocycles. The van der Waals surface area contributed by atoms with Gasteiger partial charge in [-0.05, 0) is 48.5 Å². The van der Waals surface area contributed by atoms with E-state index in [2.05, 4.69) is 20.5 Å². The molecule has 0 radical (unpaired) electrons. The lowest BCUT2D eigenvalue weighted by molar-refractivity contribution is 0.1000. The molecule has 0 unspecified atom stereocenters. The highest BCUT2D eigenvalue weighted by Crippen LogP contribution is 2.28. The van der Waals surface area contributed by atoms with Crippen molar-refractivity contribution in [2.24, 2.45) is 5.73 Å². The second kappa shape index (κ2) is 6.72. The Labute approximate surface area is 154 Å². The lowest BCUT2D eigenvalue weighted by Gasteiger charge is -2.07. The van der Waals surface area contributed by atoms with Crippen molar-refractivity contribution >= 4 is 28.4 Å².